The number of rotatable bonds is 8. The van der Waals surface area contributed by atoms with Crippen molar-refractivity contribution < 1.29 is 23.6 Å². The molecule has 0 saturated heterocycles. The lowest BCUT2D eigenvalue weighted by Gasteiger charge is -2.07. The number of hydrogen-bond donors (Lipinski definition) is 2. The molecule has 0 bridgehead atoms. The van der Waals surface area contributed by atoms with E-state index in [1.807, 2.05) is 0 Å². The maximum atomic E-state index is 12.3. The number of carbonyl (C=O) groups is 2. The Labute approximate surface area is 178 Å². The van der Waals surface area contributed by atoms with Crippen molar-refractivity contribution in [2.45, 2.75) is 0 Å². The van der Waals surface area contributed by atoms with E-state index in [-0.39, 0.29) is 24.7 Å². The van der Waals surface area contributed by atoms with Crippen LogP contribution < -0.4 is 20.1 Å². The zero-order chi connectivity index (χ0) is 21.5. The number of carbonyl (C=O) groups excluding carboxylic acids is 2. The van der Waals surface area contributed by atoms with E-state index >= 15 is 0 Å². The molecule has 8 nitrogen and oxygen atoms in total. The lowest BCUT2D eigenvalue weighted by atomic mass is 10.1. The SMILES string of the molecule is COc1ccc(OC)c(-c2cc(C(=O)NCCNC(=O)c3ccccc3Cl)no2)c1. The normalized spacial score (nSPS) is 10.4. The third kappa shape index (κ3) is 4.90. The molecular formula is C21H20ClN3O5. The number of nitrogens with zero attached hydrogens (tertiary/aromatic N) is 1. The number of nitrogens with one attached hydrogen (secondary N) is 2. The van der Waals surface area contributed by atoms with Crippen molar-refractivity contribution in [3.63, 3.8) is 0 Å². The molecule has 0 aliphatic carbocycles. The predicted molar refractivity (Wildman–Crippen MR) is 111 cm³/mol. The number of halogens is 1. The monoisotopic (exact) mass is 429 g/mol. The molecule has 9 heteroatoms. The van der Waals surface area contributed by atoms with Gasteiger partial charge < -0.3 is 24.6 Å². The Balaban J connectivity index is 1.57. The summed E-state index contributed by atoms with van der Waals surface area (Å²) in [7, 11) is 3.08. The lowest BCUT2D eigenvalue weighted by molar-refractivity contribution is 0.0922. The standard InChI is InChI=1S/C21H20ClN3O5/c1-28-13-7-8-18(29-2)15(11-13)19-12-17(25-30-19)21(27)24-10-9-23-20(26)14-5-3-4-6-16(14)22/h3-8,11-12H,9-10H2,1-2H3,(H,23,26)(H,24,27). The van der Waals surface area contributed by atoms with Crippen molar-refractivity contribution in [1.29, 1.82) is 0 Å². The van der Waals surface area contributed by atoms with Crippen LogP contribution in [0.4, 0.5) is 0 Å². The van der Waals surface area contributed by atoms with Crippen LogP contribution in [0, 0.1) is 0 Å². The highest BCUT2D eigenvalue weighted by molar-refractivity contribution is 6.33. The molecule has 1 heterocycles. The second-order valence-electron chi connectivity index (χ2n) is 6.13. The zero-order valence-electron chi connectivity index (χ0n) is 16.4. The molecule has 2 N–H and O–H groups in total. The Morgan fingerprint density at radius 3 is 2.43 bits per heavy atom. The minimum atomic E-state index is -0.432. The van der Waals surface area contributed by atoms with Gasteiger partial charge in [0.15, 0.2) is 11.5 Å². The number of amides is 2. The average Bonchev–Trinajstić information content (AvgIpc) is 3.26. The molecule has 0 saturated carbocycles. The van der Waals surface area contributed by atoms with E-state index in [0.29, 0.717) is 33.4 Å². The van der Waals surface area contributed by atoms with Crippen molar-refractivity contribution in [3.8, 4) is 22.8 Å². The van der Waals surface area contributed by atoms with Gasteiger partial charge in [0.25, 0.3) is 11.8 Å². The molecule has 0 fully saturated rings. The fourth-order valence-electron chi connectivity index (χ4n) is 2.70. The molecule has 0 aliphatic rings. The molecule has 0 aliphatic heterocycles. The molecule has 156 valence electrons. The molecule has 3 rings (SSSR count). The van der Waals surface area contributed by atoms with Gasteiger partial charge in [-0.1, -0.05) is 28.9 Å². The van der Waals surface area contributed by atoms with Gasteiger partial charge in [0.05, 0.1) is 30.4 Å². The zero-order valence-corrected chi connectivity index (χ0v) is 17.2. The van der Waals surface area contributed by atoms with Crippen molar-refractivity contribution >= 4 is 23.4 Å². The van der Waals surface area contributed by atoms with Crippen LogP contribution in [0.2, 0.25) is 5.02 Å². The van der Waals surface area contributed by atoms with E-state index in [9.17, 15) is 9.59 Å². The smallest absolute Gasteiger partial charge is 0.273 e. The Morgan fingerprint density at radius 1 is 1.00 bits per heavy atom. The van der Waals surface area contributed by atoms with Gasteiger partial charge in [0, 0.05) is 19.2 Å². The molecule has 2 amide bonds. The van der Waals surface area contributed by atoms with Crippen LogP contribution in [0.3, 0.4) is 0 Å². The van der Waals surface area contributed by atoms with Gasteiger partial charge in [-0.05, 0) is 30.3 Å². The van der Waals surface area contributed by atoms with E-state index in [0.717, 1.165) is 0 Å². The van der Waals surface area contributed by atoms with E-state index in [1.54, 1.807) is 49.6 Å². The quantitative estimate of drug-likeness (QED) is 0.533. The summed E-state index contributed by atoms with van der Waals surface area (Å²) >= 11 is 5.99. The second-order valence-corrected chi connectivity index (χ2v) is 6.54. The van der Waals surface area contributed by atoms with Crippen molar-refractivity contribution in [2.75, 3.05) is 27.3 Å². The first-order valence-corrected chi connectivity index (χ1v) is 9.41. The van der Waals surface area contributed by atoms with Crippen LogP contribution in [0.1, 0.15) is 20.8 Å². The summed E-state index contributed by atoms with van der Waals surface area (Å²) in [6, 6.07) is 13.5. The first-order valence-electron chi connectivity index (χ1n) is 9.03. The number of aromatic nitrogens is 1. The van der Waals surface area contributed by atoms with E-state index in [1.165, 1.54) is 13.2 Å². The summed E-state index contributed by atoms with van der Waals surface area (Å²) in [6.45, 7) is 0.434. The Kier molecular flexibility index (Phi) is 6.92. The third-order valence-electron chi connectivity index (χ3n) is 4.23. The topological polar surface area (TPSA) is 103 Å². The Morgan fingerprint density at radius 2 is 1.73 bits per heavy atom. The third-order valence-corrected chi connectivity index (χ3v) is 4.56. The molecule has 0 unspecified atom stereocenters. The number of methoxy groups -OCH3 is 2. The first-order chi connectivity index (χ1) is 14.5. The molecule has 1 aromatic heterocycles. The van der Waals surface area contributed by atoms with E-state index in [4.69, 9.17) is 25.6 Å². The van der Waals surface area contributed by atoms with Gasteiger partial charge >= 0.3 is 0 Å². The summed E-state index contributed by atoms with van der Waals surface area (Å²) in [5, 5.41) is 9.54. The molecular weight excluding hydrogens is 410 g/mol. The molecule has 0 radical (unpaired) electrons. The summed E-state index contributed by atoms with van der Waals surface area (Å²) in [6.07, 6.45) is 0. The van der Waals surface area contributed by atoms with Crippen molar-refractivity contribution in [1.82, 2.24) is 15.8 Å². The summed E-state index contributed by atoms with van der Waals surface area (Å²) in [5.74, 6) is 0.786. The minimum Gasteiger partial charge on any atom is -0.497 e. The predicted octanol–water partition coefficient (Wildman–Crippen LogP) is 3.17. The van der Waals surface area contributed by atoms with Crippen molar-refractivity contribution in [3.05, 3.63) is 64.8 Å². The van der Waals surface area contributed by atoms with Crippen LogP contribution in [-0.4, -0.2) is 44.3 Å². The highest BCUT2D eigenvalue weighted by Gasteiger charge is 2.17. The van der Waals surface area contributed by atoms with Gasteiger partial charge in [-0.3, -0.25) is 9.59 Å². The maximum absolute atomic E-state index is 12.3. The fourth-order valence-corrected chi connectivity index (χ4v) is 2.92. The van der Waals surface area contributed by atoms with Gasteiger partial charge in [0.2, 0.25) is 0 Å². The van der Waals surface area contributed by atoms with Crippen LogP contribution in [0.15, 0.2) is 53.1 Å². The molecule has 2 aromatic carbocycles. The van der Waals surface area contributed by atoms with E-state index < -0.39 is 5.91 Å². The maximum Gasteiger partial charge on any atom is 0.273 e. The van der Waals surface area contributed by atoms with Crippen LogP contribution >= 0.6 is 11.6 Å². The largest absolute Gasteiger partial charge is 0.497 e. The van der Waals surface area contributed by atoms with Crippen molar-refractivity contribution in [2.24, 2.45) is 0 Å². The summed E-state index contributed by atoms with van der Waals surface area (Å²) in [5.41, 5.74) is 1.08. The Hall–Kier alpha value is -3.52. The van der Waals surface area contributed by atoms with Crippen LogP contribution in [0.5, 0.6) is 11.5 Å². The highest BCUT2D eigenvalue weighted by Crippen LogP contribution is 2.33. The first kappa shape index (κ1) is 21.2. The van der Waals surface area contributed by atoms with Gasteiger partial charge in [-0.15, -0.1) is 0 Å². The highest BCUT2D eigenvalue weighted by atomic mass is 35.5. The molecule has 3 aromatic rings. The molecule has 0 spiro atoms. The number of ether oxygens (including phenoxy) is 2. The van der Waals surface area contributed by atoms with Crippen LogP contribution in [-0.2, 0) is 0 Å². The summed E-state index contributed by atoms with van der Waals surface area (Å²) < 4.78 is 15.8. The fraction of sp³-hybridized carbons (Fsp3) is 0.190. The molecule has 30 heavy (non-hydrogen) atoms. The number of benzene rings is 2. The minimum absolute atomic E-state index is 0.104. The molecule has 0 atom stereocenters. The van der Waals surface area contributed by atoms with Crippen LogP contribution in [0.25, 0.3) is 11.3 Å². The lowest BCUT2D eigenvalue weighted by Crippen LogP contribution is -2.34. The average molecular weight is 430 g/mol. The number of hydrogen-bond acceptors (Lipinski definition) is 6. The van der Waals surface area contributed by atoms with E-state index in [2.05, 4.69) is 15.8 Å². The summed E-state index contributed by atoms with van der Waals surface area (Å²) in [4.78, 5) is 24.4. The van der Waals surface area contributed by atoms with Gasteiger partial charge in [-0.25, -0.2) is 0 Å². The van der Waals surface area contributed by atoms with Gasteiger partial charge in [0.1, 0.15) is 11.5 Å². The van der Waals surface area contributed by atoms with Gasteiger partial charge in [-0.2, -0.15) is 0 Å². The Bertz CT molecular complexity index is 1050. The second kappa shape index (κ2) is 9.80.